The molecule has 106 valence electrons. The van der Waals surface area contributed by atoms with E-state index in [9.17, 15) is 17.6 Å². The zero-order valence-electron chi connectivity index (χ0n) is 9.49. The molecule has 9 heteroatoms. The van der Waals surface area contributed by atoms with Gasteiger partial charge < -0.3 is 5.11 Å². The molecule has 0 bridgehead atoms. The Labute approximate surface area is 122 Å². The first-order valence-electron chi connectivity index (χ1n) is 5.10. The van der Waals surface area contributed by atoms with Gasteiger partial charge in [0.1, 0.15) is 10.7 Å². The van der Waals surface area contributed by atoms with Crippen molar-refractivity contribution in [2.75, 3.05) is 6.54 Å². The first-order valence-corrected chi connectivity index (χ1v) is 7.75. The fourth-order valence-corrected chi connectivity index (χ4v) is 4.19. The van der Waals surface area contributed by atoms with Crippen LogP contribution in [0, 0.1) is 5.82 Å². The van der Waals surface area contributed by atoms with Crippen LogP contribution in [0.4, 0.5) is 4.39 Å². The smallest absolute Gasteiger partial charge is 0.303 e. The third-order valence-corrected chi connectivity index (χ3v) is 4.95. The number of hydrogen-bond donors (Lipinski definition) is 2. The molecule has 1 aromatic carbocycles. The summed E-state index contributed by atoms with van der Waals surface area (Å²) >= 11 is 8.63. The maximum absolute atomic E-state index is 13.0. The highest BCUT2D eigenvalue weighted by molar-refractivity contribution is 9.10. The van der Waals surface area contributed by atoms with Crippen LogP contribution in [0.3, 0.4) is 0 Å². The van der Waals surface area contributed by atoms with Crippen LogP contribution in [0.1, 0.15) is 12.8 Å². The molecule has 0 saturated carbocycles. The highest BCUT2D eigenvalue weighted by Crippen LogP contribution is 2.30. The molecule has 5 nitrogen and oxygen atoms in total. The van der Waals surface area contributed by atoms with Crippen LogP contribution in [0.15, 0.2) is 21.5 Å². The largest absolute Gasteiger partial charge is 0.481 e. The number of hydrogen-bond acceptors (Lipinski definition) is 3. The van der Waals surface area contributed by atoms with E-state index in [1.54, 1.807) is 0 Å². The summed E-state index contributed by atoms with van der Waals surface area (Å²) < 4.78 is 39.1. The molecular weight excluding hydrogens is 365 g/mol. The first-order chi connectivity index (χ1) is 8.74. The average molecular weight is 375 g/mol. The fraction of sp³-hybridized carbons (Fsp3) is 0.300. The van der Waals surface area contributed by atoms with Crippen molar-refractivity contribution in [1.29, 1.82) is 0 Å². The van der Waals surface area contributed by atoms with E-state index in [4.69, 9.17) is 16.7 Å². The van der Waals surface area contributed by atoms with Gasteiger partial charge in [-0.15, -0.1) is 0 Å². The Bertz CT molecular complexity index is 570. The van der Waals surface area contributed by atoms with Crippen molar-refractivity contribution in [2.45, 2.75) is 17.7 Å². The summed E-state index contributed by atoms with van der Waals surface area (Å²) in [5, 5.41) is 8.18. The normalized spacial score (nSPS) is 11.5. The zero-order chi connectivity index (χ0) is 14.6. The molecule has 0 aliphatic heterocycles. The number of rotatable bonds is 6. The van der Waals surface area contributed by atoms with E-state index in [2.05, 4.69) is 20.7 Å². The summed E-state index contributed by atoms with van der Waals surface area (Å²) in [6.07, 6.45) is -0.00810. The number of aliphatic carboxylic acids is 1. The molecular formula is C10H10BrClFNO4S. The monoisotopic (exact) mass is 373 g/mol. The lowest BCUT2D eigenvalue weighted by molar-refractivity contribution is -0.137. The van der Waals surface area contributed by atoms with E-state index in [0.717, 1.165) is 12.1 Å². The molecule has 19 heavy (non-hydrogen) atoms. The van der Waals surface area contributed by atoms with Gasteiger partial charge in [-0.3, -0.25) is 4.79 Å². The molecule has 0 radical (unpaired) electrons. The standard InChI is InChI=1S/C10H10BrClFNO4S/c11-7-4-6(13)5-8(12)10(7)19(17,18)14-3-1-2-9(15)16/h4-5,14H,1-3H2,(H,15,16). The second-order valence-corrected chi connectivity index (χ2v) is 6.56. The Balaban J connectivity index is 2.86. The van der Waals surface area contributed by atoms with Crippen LogP contribution in [0.2, 0.25) is 5.02 Å². The molecule has 0 aromatic heterocycles. The quantitative estimate of drug-likeness (QED) is 0.749. The molecule has 0 spiro atoms. The number of carbonyl (C=O) groups is 1. The zero-order valence-corrected chi connectivity index (χ0v) is 12.6. The van der Waals surface area contributed by atoms with E-state index < -0.39 is 21.8 Å². The summed E-state index contributed by atoms with van der Waals surface area (Å²) in [5.74, 6) is -1.68. The topological polar surface area (TPSA) is 83.5 Å². The van der Waals surface area contributed by atoms with Crippen molar-refractivity contribution in [3.05, 3.63) is 27.4 Å². The second kappa shape index (κ2) is 6.65. The highest BCUT2D eigenvalue weighted by atomic mass is 79.9. The number of nitrogens with one attached hydrogen (secondary N) is 1. The van der Waals surface area contributed by atoms with Gasteiger partial charge in [-0.2, -0.15) is 0 Å². The Hall–Kier alpha value is -0.700. The van der Waals surface area contributed by atoms with Gasteiger partial charge in [0.2, 0.25) is 10.0 Å². The van der Waals surface area contributed by atoms with Crippen molar-refractivity contribution in [3.63, 3.8) is 0 Å². The Morgan fingerprint density at radius 1 is 1.47 bits per heavy atom. The maximum atomic E-state index is 13.0. The summed E-state index contributed by atoms with van der Waals surface area (Å²) in [5.41, 5.74) is 0. The third kappa shape index (κ3) is 4.72. The van der Waals surface area contributed by atoms with Crippen molar-refractivity contribution in [1.82, 2.24) is 4.72 Å². The van der Waals surface area contributed by atoms with Crippen molar-refractivity contribution < 1.29 is 22.7 Å². The van der Waals surface area contributed by atoms with Gasteiger partial charge in [0.15, 0.2) is 0 Å². The van der Waals surface area contributed by atoms with Crippen LogP contribution in [0.5, 0.6) is 0 Å². The fourth-order valence-electron chi connectivity index (χ4n) is 1.30. The summed E-state index contributed by atoms with van der Waals surface area (Å²) in [6, 6.07) is 1.87. The highest BCUT2D eigenvalue weighted by Gasteiger charge is 2.22. The molecule has 0 heterocycles. The van der Waals surface area contributed by atoms with Crippen molar-refractivity contribution in [3.8, 4) is 0 Å². The number of sulfonamides is 1. The molecule has 1 aromatic rings. The Morgan fingerprint density at radius 2 is 2.11 bits per heavy atom. The summed E-state index contributed by atoms with van der Waals surface area (Å²) in [4.78, 5) is 10.0. The summed E-state index contributed by atoms with van der Waals surface area (Å²) in [6.45, 7) is -0.0468. The molecule has 2 N–H and O–H groups in total. The molecule has 0 atom stereocenters. The molecule has 0 unspecified atom stereocenters. The lowest BCUT2D eigenvalue weighted by Gasteiger charge is -2.10. The van der Waals surface area contributed by atoms with Gasteiger partial charge in [0, 0.05) is 17.4 Å². The van der Waals surface area contributed by atoms with Gasteiger partial charge in [-0.25, -0.2) is 17.5 Å². The molecule has 0 fully saturated rings. The van der Waals surface area contributed by atoms with Crippen LogP contribution in [-0.2, 0) is 14.8 Å². The molecule has 0 aliphatic rings. The third-order valence-electron chi connectivity index (χ3n) is 2.09. The van der Waals surface area contributed by atoms with E-state index in [1.807, 2.05) is 0 Å². The van der Waals surface area contributed by atoms with Gasteiger partial charge >= 0.3 is 5.97 Å². The molecule has 0 aliphatic carbocycles. The minimum atomic E-state index is -3.92. The molecule has 0 amide bonds. The Kier molecular flexibility index (Phi) is 5.72. The van der Waals surface area contributed by atoms with E-state index in [1.165, 1.54) is 0 Å². The number of halogens is 3. The van der Waals surface area contributed by atoms with Gasteiger partial charge in [-0.05, 0) is 34.5 Å². The lowest BCUT2D eigenvalue weighted by Crippen LogP contribution is -2.26. The summed E-state index contributed by atoms with van der Waals surface area (Å²) in [7, 11) is -3.92. The van der Waals surface area contributed by atoms with Crippen LogP contribution in [-0.4, -0.2) is 26.0 Å². The number of benzene rings is 1. The second-order valence-electron chi connectivity index (χ2n) is 3.59. The molecule has 1 rings (SSSR count). The minimum Gasteiger partial charge on any atom is -0.481 e. The minimum absolute atomic E-state index is 0.00299. The van der Waals surface area contributed by atoms with Crippen molar-refractivity contribution >= 4 is 43.5 Å². The number of carboxylic acid groups (broad SMARTS) is 1. The lowest BCUT2D eigenvalue weighted by atomic mass is 10.3. The van der Waals surface area contributed by atoms with Gasteiger partial charge in [0.05, 0.1) is 5.02 Å². The van der Waals surface area contributed by atoms with E-state index >= 15 is 0 Å². The van der Waals surface area contributed by atoms with Crippen molar-refractivity contribution in [2.24, 2.45) is 0 Å². The van der Waals surface area contributed by atoms with Gasteiger partial charge in [-0.1, -0.05) is 11.6 Å². The molecule has 0 saturated heterocycles. The van der Waals surface area contributed by atoms with Crippen LogP contribution < -0.4 is 4.72 Å². The maximum Gasteiger partial charge on any atom is 0.303 e. The Morgan fingerprint density at radius 3 is 2.63 bits per heavy atom. The van der Waals surface area contributed by atoms with Gasteiger partial charge in [0.25, 0.3) is 0 Å². The number of carboxylic acids is 1. The average Bonchev–Trinajstić information content (AvgIpc) is 2.22. The first kappa shape index (κ1) is 16.4. The van der Waals surface area contributed by atoms with Crippen LogP contribution in [0.25, 0.3) is 0 Å². The predicted molar refractivity (Wildman–Crippen MR) is 71.2 cm³/mol. The van der Waals surface area contributed by atoms with E-state index in [-0.39, 0.29) is 33.8 Å². The SMILES string of the molecule is O=C(O)CCCNS(=O)(=O)c1c(Cl)cc(F)cc1Br. The van der Waals surface area contributed by atoms with Crippen LogP contribution >= 0.6 is 27.5 Å². The predicted octanol–water partition coefficient (Wildman–Crippen LogP) is 2.38. The van der Waals surface area contributed by atoms with E-state index in [0.29, 0.717) is 0 Å².